The van der Waals surface area contributed by atoms with E-state index in [9.17, 15) is 4.79 Å². The molecule has 27 heavy (non-hydrogen) atoms. The summed E-state index contributed by atoms with van der Waals surface area (Å²) in [5.74, 6) is 0.382. The van der Waals surface area contributed by atoms with Crippen molar-refractivity contribution < 1.29 is 18.8 Å². The van der Waals surface area contributed by atoms with Gasteiger partial charge >= 0.3 is 13.2 Å². The molecular weight excluding hydrogens is 341 g/mol. The molecule has 1 aliphatic heterocycles. The van der Waals surface area contributed by atoms with Crippen LogP contribution in [0, 0.1) is 5.92 Å². The summed E-state index contributed by atoms with van der Waals surface area (Å²) >= 11 is 0. The molecule has 0 aromatic carbocycles. The van der Waals surface area contributed by atoms with Crippen molar-refractivity contribution in [3.05, 3.63) is 0 Å². The van der Waals surface area contributed by atoms with E-state index in [1.165, 1.54) is 0 Å². The Bertz CT molecular complexity index is 583. The van der Waals surface area contributed by atoms with E-state index in [0.29, 0.717) is 5.92 Å². The maximum atomic E-state index is 12.5. The van der Waals surface area contributed by atoms with Crippen molar-refractivity contribution in [1.82, 2.24) is 5.32 Å². The molecule has 154 valence electrons. The van der Waals surface area contributed by atoms with Gasteiger partial charge in [0, 0.05) is 10.9 Å². The van der Waals surface area contributed by atoms with Crippen LogP contribution in [0.25, 0.3) is 0 Å². The standard InChI is InChI=1S/C21H38BNO4/c1-9-10-11-15-20(22-26-18(5,6)19(7,8)27-22)12-13-21(15,14-20)23-16(24)25-17(2,3)4/h15H,9-14H2,1-8H3,(H,23,24)/t15-,20-,21+/m1/s1. The van der Waals surface area contributed by atoms with Gasteiger partial charge in [0.25, 0.3) is 0 Å². The molecule has 0 unspecified atom stereocenters. The van der Waals surface area contributed by atoms with Crippen molar-refractivity contribution in [2.75, 3.05) is 0 Å². The van der Waals surface area contributed by atoms with Crippen molar-refractivity contribution in [3.63, 3.8) is 0 Å². The van der Waals surface area contributed by atoms with E-state index >= 15 is 0 Å². The topological polar surface area (TPSA) is 56.8 Å². The number of hydrogen-bond acceptors (Lipinski definition) is 4. The van der Waals surface area contributed by atoms with Crippen LogP contribution in [-0.4, -0.2) is 35.6 Å². The number of ether oxygens (including phenoxy) is 1. The summed E-state index contributed by atoms with van der Waals surface area (Å²) in [6.45, 7) is 16.4. The predicted octanol–water partition coefficient (Wildman–Crippen LogP) is 5.09. The highest BCUT2D eigenvalue weighted by molar-refractivity contribution is 6.50. The molecule has 2 bridgehead atoms. The minimum absolute atomic E-state index is 0.00915. The van der Waals surface area contributed by atoms with Gasteiger partial charge in [-0.2, -0.15) is 0 Å². The van der Waals surface area contributed by atoms with Gasteiger partial charge in [-0.05, 0) is 80.1 Å². The minimum atomic E-state index is -0.481. The second-order valence-electron chi connectivity index (χ2n) is 11.0. The number of unbranched alkanes of at least 4 members (excludes halogenated alkanes) is 1. The van der Waals surface area contributed by atoms with Crippen LogP contribution >= 0.6 is 0 Å². The molecule has 1 N–H and O–H groups in total. The summed E-state index contributed by atoms with van der Waals surface area (Å²) in [4.78, 5) is 12.5. The summed E-state index contributed by atoms with van der Waals surface area (Å²) in [5.41, 5.74) is -1.28. The van der Waals surface area contributed by atoms with Crippen molar-refractivity contribution in [1.29, 1.82) is 0 Å². The molecule has 0 aromatic heterocycles. The lowest BCUT2D eigenvalue weighted by molar-refractivity contribution is 0.00578. The number of nitrogens with one attached hydrogen (secondary N) is 1. The zero-order valence-electron chi connectivity index (χ0n) is 18.5. The summed E-state index contributed by atoms with van der Waals surface area (Å²) in [5, 5.41) is 3.26. The first-order valence-electron chi connectivity index (χ1n) is 10.6. The van der Waals surface area contributed by atoms with Gasteiger partial charge in [0.05, 0.1) is 11.2 Å². The number of amides is 1. The van der Waals surface area contributed by atoms with Gasteiger partial charge in [-0.3, -0.25) is 0 Å². The van der Waals surface area contributed by atoms with Gasteiger partial charge in [-0.25, -0.2) is 4.79 Å². The normalized spacial score (nSPS) is 36.4. The Kier molecular flexibility index (Phi) is 4.96. The average molecular weight is 379 g/mol. The SMILES string of the molecule is CCCC[C@H]1[C@]2(NC(=O)OC(C)(C)C)CC[C@@]1(B1OC(C)(C)C(C)(C)O1)C2. The number of hydrogen-bond donors (Lipinski definition) is 1. The summed E-state index contributed by atoms with van der Waals surface area (Å²) in [7, 11) is -0.194. The second-order valence-corrected chi connectivity index (χ2v) is 11.0. The van der Waals surface area contributed by atoms with Gasteiger partial charge < -0.3 is 19.4 Å². The number of rotatable bonds is 5. The predicted molar refractivity (Wildman–Crippen MR) is 108 cm³/mol. The van der Waals surface area contributed by atoms with Crippen molar-refractivity contribution >= 4 is 13.2 Å². The number of carbonyl (C=O) groups excluding carboxylic acids is 1. The van der Waals surface area contributed by atoms with Gasteiger partial charge in [0.15, 0.2) is 0 Å². The highest BCUT2D eigenvalue weighted by atomic mass is 16.7. The fourth-order valence-electron chi connectivity index (χ4n) is 5.35. The summed E-state index contributed by atoms with van der Waals surface area (Å²) in [6, 6.07) is 0. The first-order chi connectivity index (χ1) is 12.3. The van der Waals surface area contributed by atoms with E-state index in [2.05, 4.69) is 39.9 Å². The first kappa shape index (κ1) is 21.0. The molecule has 3 aliphatic carbocycles. The molecule has 4 fully saturated rings. The third-order valence-corrected chi connectivity index (χ3v) is 7.36. The zero-order valence-corrected chi connectivity index (χ0v) is 18.5. The molecule has 0 spiro atoms. The van der Waals surface area contributed by atoms with Crippen molar-refractivity contribution in [2.45, 2.75) is 122 Å². The largest absolute Gasteiger partial charge is 0.464 e. The maximum absolute atomic E-state index is 12.5. The Morgan fingerprint density at radius 2 is 1.74 bits per heavy atom. The van der Waals surface area contributed by atoms with E-state index in [0.717, 1.165) is 38.5 Å². The fourth-order valence-corrected chi connectivity index (χ4v) is 5.35. The Hall–Kier alpha value is -0.745. The lowest BCUT2D eigenvalue weighted by atomic mass is 9.39. The quantitative estimate of drug-likeness (QED) is 0.677. The molecule has 0 radical (unpaired) electrons. The van der Waals surface area contributed by atoms with E-state index < -0.39 is 5.60 Å². The summed E-state index contributed by atoms with van der Waals surface area (Å²) in [6.07, 6.45) is 6.04. The zero-order chi connectivity index (χ0) is 20.3. The Labute approximate surface area is 165 Å². The first-order valence-corrected chi connectivity index (χ1v) is 10.6. The molecule has 4 aliphatic rings. The molecule has 4 rings (SSSR count). The number of carbonyl (C=O) groups is 1. The van der Waals surface area contributed by atoms with E-state index in [1.54, 1.807) is 0 Å². The molecule has 3 atom stereocenters. The van der Waals surface area contributed by atoms with E-state index in [1.807, 2.05) is 20.8 Å². The minimum Gasteiger partial charge on any atom is -0.444 e. The van der Waals surface area contributed by atoms with Crippen LogP contribution in [0.4, 0.5) is 4.79 Å². The average Bonchev–Trinajstić information content (AvgIpc) is 3.05. The highest BCUT2D eigenvalue weighted by Gasteiger charge is 2.76. The molecule has 1 saturated heterocycles. The Morgan fingerprint density at radius 3 is 2.26 bits per heavy atom. The van der Waals surface area contributed by atoms with Crippen LogP contribution in [0.5, 0.6) is 0 Å². The van der Waals surface area contributed by atoms with E-state index in [-0.39, 0.29) is 35.3 Å². The monoisotopic (exact) mass is 379 g/mol. The summed E-state index contributed by atoms with van der Waals surface area (Å²) < 4.78 is 18.5. The molecule has 1 amide bonds. The second kappa shape index (κ2) is 6.38. The number of alkyl carbamates (subject to hydrolysis) is 1. The third kappa shape index (κ3) is 3.41. The lowest BCUT2D eigenvalue weighted by Crippen LogP contribution is -2.65. The Balaban J connectivity index is 1.78. The van der Waals surface area contributed by atoms with Crippen LogP contribution in [0.1, 0.15) is 93.9 Å². The van der Waals surface area contributed by atoms with Crippen molar-refractivity contribution in [2.24, 2.45) is 5.92 Å². The number of fused-ring (bicyclic) bond motifs is 1. The molecule has 1 heterocycles. The van der Waals surface area contributed by atoms with Gasteiger partial charge in [0.2, 0.25) is 0 Å². The Morgan fingerprint density at radius 1 is 1.15 bits per heavy atom. The third-order valence-electron chi connectivity index (χ3n) is 7.36. The smallest absolute Gasteiger partial charge is 0.444 e. The van der Waals surface area contributed by atoms with Gasteiger partial charge in [-0.15, -0.1) is 0 Å². The van der Waals surface area contributed by atoms with Crippen LogP contribution in [0.3, 0.4) is 0 Å². The van der Waals surface area contributed by atoms with Gasteiger partial charge in [0.1, 0.15) is 5.60 Å². The molecule has 0 aromatic rings. The van der Waals surface area contributed by atoms with Crippen molar-refractivity contribution in [3.8, 4) is 0 Å². The molecule has 6 heteroatoms. The highest BCUT2D eigenvalue weighted by Crippen LogP contribution is 2.74. The van der Waals surface area contributed by atoms with Crippen LogP contribution in [0.2, 0.25) is 5.31 Å². The van der Waals surface area contributed by atoms with Crippen LogP contribution in [0.15, 0.2) is 0 Å². The molecule has 5 nitrogen and oxygen atoms in total. The fraction of sp³-hybridized carbons (Fsp3) is 0.952. The lowest BCUT2D eigenvalue weighted by Gasteiger charge is -2.56. The van der Waals surface area contributed by atoms with E-state index in [4.69, 9.17) is 14.0 Å². The van der Waals surface area contributed by atoms with Crippen LogP contribution in [-0.2, 0) is 14.0 Å². The molecule has 3 saturated carbocycles. The van der Waals surface area contributed by atoms with Gasteiger partial charge in [-0.1, -0.05) is 19.8 Å². The maximum Gasteiger partial charge on any atom is 0.464 e. The van der Waals surface area contributed by atoms with Crippen LogP contribution < -0.4 is 5.32 Å². The molecular formula is C21H38BNO4.